The molecule has 4 aliphatic rings. The van der Waals surface area contributed by atoms with Crippen LogP contribution in [0.5, 0.6) is 6.01 Å². The minimum atomic E-state index is -0.840. The Labute approximate surface area is 235 Å². The summed E-state index contributed by atoms with van der Waals surface area (Å²) in [4.78, 5) is 28.3. The van der Waals surface area contributed by atoms with Crippen LogP contribution in [0.4, 0.5) is 10.2 Å². The molecule has 0 bridgehead atoms. The van der Waals surface area contributed by atoms with Crippen LogP contribution in [0.2, 0.25) is 0 Å². The van der Waals surface area contributed by atoms with Gasteiger partial charge in [0, 0.05) is 43.2 Å². The highest BCUT2D eigenvalue weighted by atomic mass is 19.1. The van der Waals surface area contributed by atoms with Gasteiger partial charge in [-0.2, -0.15) is 15.2 Å². The number of amides is 1. The van der Waals surface area contributed by atoms with Gasteiger partial charge >= 0.3 is 6.01 Å². The fourth-order valence-corrected chi connectivity index (χ4v) is 7.32. The lowest BCUT2D eigenvalue weighted by atomic mass is 9.69. The SMILES string of the molecule is C=CC(=O)N1CCN(c2nc(OC[C@@H]3C[C@@H](F)CN3C)nc3c2CCC2(CCc4ccccc42)C3)C[C@@H]1CC#N. The van der Waals surface area contributed by atoms with Gasteiger partial charge in [-0.25, -0.2) is 4.39 Å². The Kier molecular flexibility index (Phi) is 7.22. The summed E-state index contributed by atoms with van der Waals surface area (Å²) in [6.07, 6.45) is 6.09. The van der Waals surface area contributed by atoms with Crippen LogP contribution < -0.4 is 9.64 Å². The molecule has 210 valence electrons. The van der Waals surface area contributed by atoms with E-state index in [0.29, 0.717) is 45.2 Å². The van der Waals surface area contributed by atoms with Crippen molar-refractivity contribution in [3.63, 3.8) is 0 Å². The zero-order chi connectivity index (χ0) is 27.9. The van der Waals surface area contributed by atoms with Crippen LogP contribution in [0.1, 0.15) is 48.1 Å². The number of ether oxygens (including phenoxy) is 1. The fraction of sp³-hybridized carbons (Fsp3) is 0.548. The predicted octanol–water partition coefficient (Wildman–Crippen LogP) is 3.39. The number of aryl methyl sites for hydroxylation is 1. The Hall–Kier alpha value is -3.51. The monoisotopic (exact) mass is 544 g/mol. The number of fused-ring (bicyclic) bond motifs is 3. The number of hydrogen-bond donors (Lipinski definition) is 0. The maximum Gasteiger partial charge on any atom is 0.318 e. The van der Waals surface area contributed by atoms with E-state index in [9.17, 15) is 14.4 Å². The molecule has 2 fully saturated rings. The van der Waals surface area contributed by atoms with Crippen molar-refractivity contribution in [3.8, 4) is 12.1 Å². The van der Waals surface area contributed by atoms with Crippen LogP contribution in [-0.4, -0.2) is 83.8 Å². The summed E-state index contributed by atoms with van der Waals surface area (Å²) in [5, 5.41) is 9.49. The van der Waals surface area contributed by atoms with Crippen molar-refractivity contribution >= 4 is 11.7 Å². The highest BCUT2D eigenvalue weighted by Gasteiger charge is 2.43. The number of halogens is 1. The Morgan fingerprint density at radius 3 is 2.83 bits per heavy atom. The van der Waals surface area contributed by atoms with Gasteiger partial charge in [-0.05, 0) is 62.8 Å². The van der Waals surface area contributed by atoms with Crippen molar-refractivity contribution in [1.82, 2.24) is 19.8 Å². The van der Waals surface area contributed by atoms with Gasteiger partial charge in [0.2, 0.25) is 5.91 Å². The van der Waals surface area contributed by atoms with Crippen molar-refractivity contribution in [1.29, 1.82) is 5.26 Å². The molecule has 6 rings (SSSR count). The van der Waals surface area contributed by atoms with E-state index < -0.39 is 6.17 Å². The molecule has 2 aliphatic heterocycles. The van der Waals surface area contributed by atoms with Crippen molar-refractivity contribution in [2.24, 2.45) is 0 Å². The first-order valence-corrected chi connectivity index (χ1v) is 14.4. The maximum atomic E-state index is 14.0. The standard InChI is InChI=1S/C31H37FN6O2/c1-3-28(39)38-15-14-37(19-23(38)10-13-33)29-25-9-12-31(11-8-21-6-4-5-7-26(21)31)17-27(25)34-30(35-29)40-20-24-16-22(32)18-36(24)2/h3-7,22-24H,1,8-12,14-20H2,2H3/t22-,23+,24+,31?/m1/s1. The number of hydrogen-bond acceptors (Lipinski definition) is 7. The molecule has 2 aliphatic carbocycles. The average molecular weight is 545 g/mol. The Balaban J connectivity index is 1.33. The summed E-state index contributed by atoms with van der Waals surface area (Å²) in [6.45, 7) is 6.00. The maximum absolute atomic E-state index is 14.0. The molecule has 1 unspecified atom stereocenters. The van der Waals surface area contributed by atoms with E-state index in [1.54, 1.807) is 4.90 Å². The third-order valence-electron chi connectivity index (χ3n) is 9.48. The number of likely N-dealkylation sites (N-methyl/N-ethyl adjacent to an activating group) is 1. The second kappa shape index (κ2) is 10.8. The first-order valence-electron chi connectivity index (χ1n) is 14.4. The van der Waals surface area contributed by atoms with Gasteiger partial charge < -0.3 is 14.5 Å². The van der Waals surface area contributed by atoms with Crippen molar-refractivity contribution in [2.75, 3.05) is 44.7 Å². The van der Waals surface area contributed by atoms with E-state index in [-0.39, 0.29) is 29.8 Å². The molecule has 1 amide bonds. The first-order chi connectivity index (χ1) is 19.4. The third kappa shape index (κ3) is 4.83. The number of aromatic nitrogens is 2. The molecule has 0 saturated carbocycles. The zero-order valence-corrected chi connectivity index (χ0v) is 23.2. The number of anilines is 1. The number of piperazine rings is 1. The molecule has 4 atom stereocenters. The van der Waals surface area contributed by atoms with Crippen LogP contribution >= 0.6 is 0 Å². The van der Waals surface area contributed by atoms with E-state index >= 15 is 0 Å². The quantitative estimate of drug-likeness (QED) is 0.516. The first kappa shape index (κ1) is 26.7. The third-order valence-corrected chi connectivity index (χ3v) is 9.48. The molecular formula is C31H37FN6O2. The largest absolute Gasteiger partial charge is 0.462 e. The number of benzene rings is 1. The van der Waals surface area contributed by atoms with E-state index in [4.69, 9.17) is 14.7 Å². The van der Waals surface area contributed by atoms with Crippen LogP contribution in [0.3, 0.4) is 0 Å². The molecular weight excluding hydrogens is 507 g/mol. The van der Waals surface area contributed by atoms with Crippen LogP contribution in [0.15, 0.2) is 36.9 Å². The van der Waals surface area contributed by atoms with E-state index in [0.717, 1.165) is 49.2 Å². The van der Waals surface area contributed by atoms with Gasteiger partial charge in [0.15, 0.2) is 0 Å². The van der Waals surface area contributed by atoms with Gasteiger partial charge in [0.1, 0.15) is 18.6 Å². The molecule has 8 nitrogen and oxygen atoms in total. The number of rotatable bonds is 6. The Morgan fingerprint density at radius 1 is 1.23 bits per heavy atom. The number of nitriles is 1. The summed E-state index contributed by atoms with van der Waals surface area (Å²) < 4.78 is 20.2. The summed E-state index contributed by atoms with van der Waals surface area (Å²) in [5.41, 5.74) is 5.10. The predicted molar refractivity (Wildman–Crippen MR) is 150 cm³/mol. The number of carbonyl (C=O) groups excluding carboxylic acids is 1. The van der Waals surface area contributed by atoms with Gasteiger partial charge in [-0.3, -0.25) is 9.69 Å². The minimum Gasteiger partial charge on any atom is -0.462 e. The number of carbonyl (C=O) groups is 1. The highest BCUT2D eigenvalue weighted by Crippen LogP contribution is 2.48. The topological polar surface area (TPSA) is 85.6 Å². The van der Waals surface area contributed by atoms with Gasteiger partial charge in [-0.1, -0.05) is 30.8 Å². The van der Waals surface area contributed by atoms with E-state index in [1.165, 1.54) is 17.2 Å². The molecule has 9 heteroatoms. The second-order valence-electron chi connectivity index (χ2n) is 11.8. The lowest BCUT2D eigenvalue weighted by Gasteiger charge is -2.42. The van der Waals surface area contributed by atoms with E-state index in [2.05, 4.69) is 41.8 Å². The molecule has 2 saturated heterocycles. The number of likely N-dealkylation sites (tertiary alicyclic amines) is 1. The van der Waals surface area contributed by atoms with Gasteiger partial charge in [-0.15, -0.1) is 0 Å². The van der Waals surface area contributed by atoms with Crippen molar-refractivity contribution in [3.05, 3.63) is 59.3 Å². The molecule has 0 N–H and O–H groups in total. The lowest BCUT2D eigenvalue weighted by molar-refractivity contribution is -0.128. The Morgan fingerprint density at radius 2 is 2.05 bits per heavy atom. The zero-order valence-electron chi connectivity index (χ0n) is 23.2. The molecule has 40 heavy (non-hydrogen) atoms. The summed E-state index contributed by atoms with van der Waals surface area (Å²) in [7, 11) is 1.92. The molecule has 0 radical (unpaired) electrons. The van der Waals surface area contributed by atoms with Crippen LogP contribution in [0.25, 0.3) is 0 Å². The summed E-state index contributed by atoms with van der Waals surface area (Å²) >= 11 is 0. The summed E-state index contributed by atoms with van der Waals surface area (Å²) in [6, 6.07) is 11.1. The average Bonchev–Trinajstić information content (AvgIpc) is 3.49. The van der Waals surface area contributed by atoms with Crippen LogP contribution in [-0.2, 0) is 29.5 Å². The minimum absolute atomic E-state index is 0.0143. The normalized spacial score (nSPS) is 27.8. The number of alkyl halides is 1. The van der Waals surface area contributed by atoms with E-state index in [1.807, 2.05) is 11.9 Å². The molecule has 1 aromatic carbocycles. The number of nitrogens with zero attached hydrogens (tertiary/aromatic N) is 6. The lowest BCUT2D eigenvalue weighted by Crippen LogP contribution is -2.55. The molecule has 1 spiro atoms. The molecule has 3 heterocycles. The van der Waals surface area contributed by atoms with Crippen LogP contribution in [0, 0.1) is 11.3 Å². The van der Waals surface area contributed by atoms with Gasteiger partial charge in [0.25, 0.3) is 0 Å². The van der Waals surface area contributed by atoms with Crippen molar-refractivity contribution in [2.45, 2.75) is 68.6 Å². The molecule has 2 aromatic rings. The summed E-state index contributed by atoms with van der Waals surface area (Å²) in [5.74, 6) is 0.695. The second-order valence-corrected chi connectivity index (χ2v) is 11.8. The molecule has 1 aromatic heterocycles. The van der Waals surface area contributed by atoms with Gasteiger partial charge in [0.05, 0.1) is 24.2 Å². The smallest absolute Gasteiger partial charge is 0.318 e. The Bertz CT molecular complexity index is 1340. The fourth-order valence-electron chi connectivity index (χ4n) is 7.32. The van der Waals surface area contributed by atoms with Crippen molar-refractivity contribution < 1.29 is 13.9 Å². The highest BCUT2D eigenvalue weighted by molar-refractivity contribution is 5.87.